The summed E-state index contributed by atoms with van der Waals surface area (Å²) in [7, 11) is 0. The quantitative estimate of drug-likeness (QED) is 0.757. The van der Waals surface area contributed by atoms with Crippen LogP contribution in [0.3, 0.4) is 0 Å². The van der Waals surface area contributed by atoms with Gasteiger partial charge in [-0.1, -0.05) is 13.8 Å². The predicted molar refractivity (Wildman–Crippen MR) is 69.8 cm³/mol. The molecular weight excluding hydrogens is 218 g/mol. The number of nitrogens with zero attached hydrogens (tertiary/aromatic N) is 2. The molecule has 90 valence electrons. The summed E-state index contributed by atoms with van der Waals surface area (Å²) < 4.78 is 0. The number of aliphatic imine (C=N–C) groups is 1. The molecule has 0 aromatic heterocycles. The zero-order chi connectivity index (χ0) is 11.4. The van der Waals surface area contributed by atoms with Crippen LogP contribution in [-0.2, 0) is 0 Å². The van der Waals surface area contributed by atoms with Crippen LogP contribution in [0.15, 0.2) is 4.99 Å². The normalized spacial score (nSPS) is 37.9. The molecule has 0 radical (unpaired) electrons. The standard InChI is InChI=1S/C12H21N3S/c1-11(2)5-12(8-16-7-11)6-14-10(13)15(12)9-3-4-9/h9H,3-8H2,1-2H3,(H2,13,14). The van der Waals surface area contributed by atoms with E-state index in [1.54, 1.807) is 0 Å². The molecule has 2 N–H and O–H groups in total. The number of hydrogen-bond donors (Lipinski definition) is 1. The lowest BCUT2D eigenvalue weighted by Gasteiger charge is -2.47. The number of guanidine groups is 1. The summed E-state index contributed by atoms with van der Waals surface area (Å²) in [6.07, 6.45) is 3.86. The van der Waals surface area contributed by atoms with Crippen LogP contribution < -0.4 is 5.73 Å². The van der Waals surface area contributed by atoms with Crippen molar-refractivity contribution in [2.45, 2.75) is 44.7 Å². The molecule has 0 bridgehead atoms. The second kappa shape index (κ2) is 3.31. The minimum atomic E-state index is 0.248. The fourth-order valence-electron chi connectivity index (χ4n) is 3.30. The van der Waals surface area contributed by atoms with E-state index in [0.29, 0.717) is 11.5 Å². The van der Waals surface area contributed by atoms with Crippen LogP contribution in [0.4, 0.5) is 0 Å². The van der Waals surface area contributed by atoms with Crippen LogP contribution in [-0.4, -0.2) is 40.5 Å². The van der Waals surface area contributed by atoms with Gasteiger partial charge >= 0.3 is 0 Å². The van der Waals surface area contributed by atoms with Crippen molar-refractivity contribution in [2.75, 3.05) is 18.1 Å². The SMILES string of the molecule is CC1(C)CSCC2(CN=C(N)N2C2CC2)C1. The van der Waals surface area contributed by atoms with Gasteiger partial charge in [0.1, 0.15) is 0 Å². The first kappa shape index (κ1) is 10.8. The van der Waals surface area contributed by atoms with E-state index in [0.717, 1.165) is 12.5 Å². The fraction of sp³-hybridized carbons (Fsp3) is 0.917. The predicted octanol–water partition coefficient (Wildman–Crippen LogP) is 1.68. The van der Waals surface area contributed by atoms with Crippen molar-refractivity contribution in [2.24, 2.45) is 16.1 Å². The Labute approximate surface area is 102 Å². The minimum absolute atomic E-state index is 0.248. The smallest absolute Gasteiger partial charge is 0.192 e. The second-order valence-corrected chi connectivity index (χ2v) is 7.32. The highest BCUT2D eigenvalue weighted by atomic mass is 32.2. The van der Waals surface area contributed by atoms with Gasteiger partial charge in [0, 0.05) is 11.8 Å². The van der Waals surface area contributed by atoms with Crippen LogP contribution in [0.5, 0.6) is 0 Å². The maximum absolute atomic E-state index is 6.08. The van der Waals surface area contributed by atoms with Crippen molar-refractivity contribution in [3.63, 3.8) is 0 Å². The Morgan fingerprint density at radius 1 is 1.38 bits per heavy atom. The first-order valence-electron chi connectivity index (χ1n) is 6.20. The van der Waals surface area contributed by atoms with Crippen LogP contribution in [0.2, 0.25) is 0 Å². The van der Waals surface area contributed by atoms with E-state index in [1.807, 2.05) is 0 Å². The van der Waals surface area contributed by atoms with E-state index in [1.165, 1.54) is 30.8 Å². The molecule has 3 aliphatic rings. The van der Waals surface area contributed by atoms with Crippen LogP contribution in [0.25, 0.3) is 0 Å². The van der Waals surface area contributed by atoms with Gasteiger partial charge in [0.25, 0.3) is 0 Å². The summed E-state index contributed by atoms with van der Waals surface area (Å²) in [5.41, 5.74) is 6.76. The highest BCUT2D eigenvalue weighted by molar-refractivity contribution is 7.99. The van der Waals surface area contributed by atoms with Gasteiger partial charge in [-0.2, -0.15) is 11.8 Å². The van der Waals surface area contributed by atoms with Gasteiger partial charge in [0.2, 0.25) is 0 Å². The summed E-state index contributed by atoms with van der Waals surface area (Å²) in [6.45, 7) is 5.67. The number of rotatable bonds is 1. The molecule has 1 saturated heterocycles. The fourth-order valence-corrected chi connectivity index (χ4v) is 4.77. The summed E-state index contributed by atoms with van der Waals surface area (Å²) >= 11 is 2.08. The van der Waals surface area contributed by atoms with Crippen molar-refractivity contribution in [1.82, 2.24) is 4.90 Å². The minimum Gasteiger partial charge on any atom is -0.370 e. The molecule has 1 aliphatic carbocycles. The third kappa shape index (κ3) is 1.62. The molecule has 1 unspecified atom stereocenters. The molecule has 1 saturated carbocycles. The summed E-state index contributed by atoms with van der Waals surface area (Å²) in [5.74, 6) is 3.28. The third-order valence-corrected chi connectivity index (χ3v) is 5.60. The number of thioether (sulfide) groups is 1. The molecule has 2 heterocycles. The molecule has 3 rings (SSSR count). The monoisotopic (exact) mass is 239 g/mol. The molecule has 0 amide bonds. The van der Waals surface area contributed by atoms with Crippen LogP contribution in [0, 0.1) is 5.41 Å². The van der Waals surface area contributed by atoms with E-state index < -0.39 is 0 Å². The molecule has 1 atom stereocenters. The molecule has 0 aromatic rings. The van der Waals surface area contributed by atoms with E-state index >= 15 is 0 Å². The van der Waals surface area contributed by atoms with Gasteiger partial charge < -0.3 is 10.6 Å². The third-order valence-electron chi connectivity index (χ3n) is 3.88. The van der Waals surface area contributed by atoms with Gasteiger partial charge in [0.15, 0.2) is 5.96 Å². The molecule has 2 fully saturated rings. The summed E-state index contributed by atoms with van der Waals surface area (Å²) in [5, 5.41) is 0. The van der Waals surface area contributed by atoms with E-state index in [2.05, 4.69) is 35.5 Å². The summed E-state index contributed by atoms with van der Waals surface area (Å²) in [6, 6.07) is 0.695. The largest absolute Gasteiger partial charge is 0.370 e. The Hall–Kier alpha value is -0.380. The zero-order valence-corrected chi connectivity index (χ0v) is 11.0. The Morgan fingerprint density at radius 2 is 2.12 bits per heavy atom. The van der Waals surface area contributed by atoms with Crippen LogP contribution in [0.1, 0.15) is 33.1 Å². The topological polar surface area (TPSA) is 41.6 Å². The van der Waals surface area contributed by atoms with Crippen molar-refractivity contribution in [1.29, 1.82) is 0 Å². The van der Waals surface area contributed by atoms with Crippen molar-refractivity contribution in [3.8, 4) is 0 Å². The molecule has 4 heteroatoms. The van der Waals surface area contributed by atoms with E-state index in [4.69, 9.17) is 5.73 Å². The van der Waals surface area contributed by atoms with Gasteiger partial charge in [-0.15, -0.1) is 0 Å². The molecule has 3 nitrogen and oxygen atoms in total. The van der Waals surface area contributed by atoms with Gasteiger partial charge in [-0.3, -0.25) is 4.99 Å². The van der Waals surface area contributed by atoms with Crippen molar-refractivity contribution < 1.29 is 0 Å². The lowest BCUT2D eigenvalue weighted by molar-refractivity contribution is 0.143. The maximum Gasteiger partial charge on any atom is 0.192 e. The number of hydrogen-bond acceptors (Lipinski definition) is 4. The van der Waals surface area contributed by atoms with Gasteiger partial charge in [-0.25, -0.2) is 0 Å². The molecular formula is C12H21N3S. The first-order valence-corrected chi connectivity index (χ1v) is 7.35. The Morgan fingerprint density at radius 3 is 2.75 bits per heavy atom. The second-order valence-electron chi connectivity index (χ2n) is 6.33. The summed E-state index contributed by atoms with van der Waals surface area (Å²) in [4.78, 5) is 6.99. The highest BCUT2D eigenvalue weighted by Crippen LogP contribution is 2.47. The first-order chi connectivity index (χ1) is 7.53. The average Bonchev–Trinajstić information content (AvgIpc) is 2.94. The van der Waals surface area contributed by atoms with E-state index in [9.17, 15) is 0 Å². The van der Waals surface area contributed by atoms with Crippen LogP contribution >= 0.6 is 11.8 Å². The Bertz CT molecular complexity index is 335. The Balaban J connectivity index is 1.87. The lowest BCUT2D eigenvalue weighted by Crippen LogP contribution is -2.58. The number of nitrogens with two attached hydrogens (primary N) is 1. The molecule has 1 spiro atoms. The average molecular weight is 239 g/mol. The highest BCUT2D eigenvalue weighted by Gasteiger charge is 2.52. The maximum atomic E-state index is 6.08. The van der Waals surface area contributed by atoms with Crippen molar-refractivity contribution in [3.05, 3.63) is 0 Å². The molecule has 0 aromatic carbocycles. The van der Waals surface area contributed by atoms with Crippen molar-refractivity contribution >= 4 is 17.7 Å². The van der Waals surface area contributed by atoms with Gasteiger partial charge in [-0.05, 0) is 30.4 Å². The van der Waals surface area contributed by atoms with Gasteiger partial charge in [0.05, 0.1) is 12.1 Å². The Kier molecular flexibility index (Phi) is 2.23. The lowest BCUT2D eigenvalue weighted by atomic mass is 9.79. The van der Waals surface area contributed by atoms with E-state index in [-0.39, 0.29) is 5.54 Å². The molecule has 2 aliphatic heterocycles. The zero-order valence-electron chi connectivity index (χ0n) is 10.2. The molecule has 16 heavy (non-hydrogen) atoms.